The molecule has 1 N–H and O–H groups in total. The molecule has 1 aromatic heterocycles. The van der Waals surface area contributed by atoms with Gasteiger partial charge in [-0.25, -0.2) is 0 Å². The van der Waals surface area contributed by atoms with Gasteiger partial charge in [0.05, 0.1) is 0 Å². The van der Waals surface area contributed by atoms with Gasteiger partial charge in [-0.2, -0.15) is 26.9 Å². The zero-order valence-corrected chi connectivity index (χ0v) is 26.0. The molecular formula is C34H38F5N3O4. The molecule has 0 aliphatic heterocycles. The summed E-state index contributed by atoms with van der Waals surface area (Å²) >= 11 is 0. The molecule has 0 radical (unpaired) electrons. The summed E-state index contributed by atoms with van der Waals surface area (Å²) in [5, 5.41) is 14.5. The lowest BCUT2D eigenvalue weighted by atomic mass is 9.53. The van der Waals surface area contributed by atoms with Crippen LogP contribution in [0.5, 0.6) is 5.75 Å². The van der Waals surface area contributed by atoms with Gasteiger partial charge in [0.1, 0.15) is 5.75 Å². The van der Waals surface area contributed by atoms with Gasteiger partial charge in [-0.3, -0.25) is 4.79 Å². The molecule has 7 nitrogen and oxygen atoms in total. The zero-order chi connectivity index (χ0) is 33.1. The van der Waals surface area contributed by atoms with E-state index in [4.69, 9.17) is 9.51 Å². The molecule has 4 aliphatic carbocycles. The number of carbonyl (C=O) groups excluding carboxylic acids is 1. The second kappa shape index (κ2) is 11.3. The first-order chi connectivity index (χ1) is 21.5. The number of anilines is 1. The Morgan fingerprint density at radius 3 is 2.17 bits per heavy atom. The van der Waals surface area contributed by atoms with Crippen molar-refractivity contribution in [3.63, 3.8) is 0 Å². The van der Waals surface area contributed by atoms with Gasteiger partial charge in [0.2, 0.25) is 11.8 Å². The van der Waals surface area contributed by atoms with Crippen molar-refractivity contribution in [1.82, 2.24) is 10.1 Å². The lowest BCUT2D eigenvalue weighted by Crippen LogP contribution is -2.60. The van der Waals surface area contributed by atoms with Crippen LogP contribution in [0, 0.1) is 11.3 Å². The van der Waals surface area contributed by atoms with Crippen molar-refractivity contribution in [2.24, 2.45) is 11.3 Å². The van der Waals surface area contributed by atoms with E-state index < -0.39 is 43.1 Å². The molecule has 0 unspecified atom stereocenters. The predicted octanol–water partition coefficient (Wildman–Crippen LogP) is 7.96. The van der Waals surface area contributed by atoms with E-state index in [9.17, 15) is 31.9 Å². The topological polar surface area (TPSA) is 88.7 Å². The average Bonchev–Trinajstić information content (AvgIpc) is 3.51. The maximum Gasteiger partial charge on any atom is 0.417 e. The third-order valence-electron chi connectivity index (χ3n) is 10.3. The van der Waals surface area contributed by atoms with Crippen molar-refractivity contribution in [2.75, 3.05) is 11.4 Å². The zero-order valence-electron chi connectivity index (χ0n) is 26.0. The standard InChI is InChI=1S/C34H38F5N3O4/c1-30(2,3)28-40-27(41-46-28)32-14-11-31(12-15-32,13-16-32)20-42(26(43)23-18-33(44,19-23)34(37,38)39)24-6-4-5-22(17-24)21-7-9-25(10-8-21)45-29(35)36/h4-10,17,23,29,44H,11-16,18-20H2,1-3H3. The Kier molecular flexibility index (Phi) is 7.97. The number of hydrogen-bond donors (Lipinski definition) is 1. The molecule has 2 bridgehead atoms. The highest BCUT2D eigenvalue weighted by Crippen LogP contribution is 2.58. The second-order valence-corrected chi connectivity index (χ2v) is 14.5. The third kappa shape index (κ3) is 6.00. The molecule has 4 aliphatic rings. The summed E-state index contributed by atoms with van der Waals surface area (Å²) in [6, 6.07) is 13.2. The Morgan fingerprint density at radius 2 is 1.63 bits per heavy atom. The number of amides is 1. The molecule has 2 aromatic carbocycles. The van der Waals surface area contributed by atoms with Gasteiger partial charge in [-0.15, -0.1) is 0 Å². The average molecular weight is 648 g/mol. The van der Waals surface area contributed by atoms with E-state index in [1.54, 1.807) is 35.2 Å². The quantitative estimate of drug-likeness (QED) is 0.250. The number of ether oxygens (including phenoxy) is 1. The number of aliphatic hydroxyl groups is 1. The molecule has 248 valence electrons. The minimum Gasteiger partial charge on any atom is -0.435 e. The van der Waals surface area contributed by atoms with Crippen molar-refractivity contribution < 1.29 is 41.1 Å². The molecule has 12 heteroatoms. The number of benzene rings is 2. The summed E-state index contributed by atoms with van der Waals surface area (Å²) in [6.07, 6.45) is -1.38. The fourth-order valence-electron chi connectivity index (χ4n) is 7.28. The van der Waals surface area contributed by atoms with Crippen molar-refractivity contribution in [1.29, 1.82) is 0 Å². The van der Waals surface area contributed by atoms with Crippen LogP contribution >= 0.6 is 0 Å². The van der Waals surface area contributed by atoms with E-state index >= 15 is 0 Å². The normalized spacial score (nSPS) is 27.8. The Labute approximate surface area is 264 Å². The van der Waals surface area contributed by atoms with Crippen LogP contribution in [0.25, 0.3) is 11.1 Å². The summed E-state index contributed by atoms with van der Waals surface area (Å²) in [5.41, 5.74) is -1.67. The van der Waals surface area contributed by atoms with E-state index in [2.05, 4.69) is 9.89 Å². The van der Waals surface area contributed by atoms with E-state index in [-0.39, 0.29) is 22.0 Å². The summed E-state index contributed by atoms with van der Waals surface area (Å²) < 4.78 is 75.8. The molecule has 1 amide bonds. The van der Waals surface area contributed by atoms with Crippen LogP contribution in [0.1, 0.15) is 83.9 Å². The Hall–Kier alpha value is -3.54. The number of hydrogen-bond acceptors (Lipinski definition) is 6. The number of nitrogens with zero attached hydrogens (tertiary/aromatic N) is 3. The molecule has 4 fully saturated rings. The van der Waals surface area contributed by atoms with Gasteiger partial charge in [0.25, 0.3) is 0 Å². The summed E-state index contributed by atoms with van der Waals surface area (Å²) in [5.74, 6) is -0.104. The van der Waals surface area contributed by atoms with Crippen molar-refractivity contribution in [3.8, 4) is 16.9 Å². The second-order valence-electron chi connectivity index (χ2n) is 14.5. The minimum atomic E-state index is -4.81. The van der Waals surface area contributed by atoms with Gasteiger partial charge < -0.3 is 19.3 Å². The fraction of sp³-hybridized carbons (Fsp3) is 0.559. The van der Waals surface area contributed by atoms with Crippen molar-refractivity contribution in [3.05, 3.63) is 60.2 Å². The first kappa shape index (κ1) is 32.4. The summed E-state index contributed by atoms with van der Waals surface area (Å²) in [4.78, 5) is 20.4. The smallest absolute Gasteiger partial charge is 0.417 e. The molecule has 0 spiro atoms. The van der Waals surface area contributed by atoms with E-state index in [1.807, 2.05) is 26.8 Å². The molecule has 3 aromatic rings. The van der Waals surface area contributed by atoms with Crippen LogP contribution in [-0.4, -0.2) is 46.1 Å². The number of fused-ring (bicyclic) bond motifs is 3. The highest BCUT2D eigenvalue weighted by Gasteiger charge is 2.63. The molecule has 46 heavy (non-hydrogen) atoms. The molecular weight excluding hydrogens is 609 g/mol. The number of aromatic nitrogens is 2. The number of alkyl halides is 5. The monoisotopic (exact) mass is 647 g/mol. The first-order valence-corrected chi connectivity index (χ1v) is 15.6. The van der Waals surface area contributed by atoms with Crippen LogP contribution in [0.4, 0.5) is 27.6 Å². The summed E-state index contributed by atoms with van der Waals surface area (Å²) in [6.45, 7) is 3.43. The highest BCUT2D eigenvalue weighted by molar-refractivity contribution is 5.96. The van der Waals surface area contributed by atoms with Crippen LogP contribution in [-0.2, 0) is 15.6 Å². The molecule has 4 saturated carbocycles. The molecule has 7 rings (SSSR count). The van der Waals surface area contributed by atoms with E-state index in [1.165, 1.54) is 12.1 Å². The Morgan fingerprint density at radius 1 is 1.00 bits per heavy atom. The molecule has 0 saturated heterocycles. The van der Waals surface area contributed by atoms with E-state index in [0.717, 1.165) is 44.3 Å². The fourth-order valence-corrected chi connectivity index (χ4v) is 7.28. The molecule has 0 atom stereocenters. The highest BCUT2D eigenvalue weighted by atomic mass is 19.4. The number of halogens is 5. The van der Waals surface area contributed by atoms with Crippen molar-refractivity contribution in [2.45, 2.75) is 101 Å². The van der Waals surface area contributed by atoms with Gasteiger partial charge in [0.15, 0.2) is 11.4 Å². The van der Waals surface area contributed by atoms with E-state index in [0.29, 0.717) is 29.2 Å². The minimum absolute atomic E-state index is 0.00840. The van der Waals surface area contributed by atoms with Gasteiger partial charge >= 0.3 is 12.8 Å². The Balaban J connectivity index is 1.26. The van der Waals surface area contributed by atoms with Gasteiger partial charge in [-0.05, 0) is 92.2 Å². The van der Waals surface area contributed by atoms with Crippen LogP contribution < -0.4 is 9.64 Å². The van der Waals surface area contributed by atoms with Crippen molar-refractivity contribution >= 4 is 11.6 Å². The number of rotatable bonds is 8. The maximum atomic E-state index is 14.0. The SMILES string of the molecule is CC(C)(C)c1nc(C23CCC(CN(C(=O)C4CC(O)(C(F)(F)F)C4)c4cccc(-c5ccc(OC(F)F)cc5)c4)(CC2)CC3)no1. The maximum absolute atomic E-state index is 14.0. The number of carbonyl (C=O) groups is 1. The summed E-state index contributed by atoms with van der Waals surface area (Å²) in [7, 11) is 0. The van der Waals surface area contributed by atoms with Crippen LogP contribution in [0.3, 0.4) is 0 Å². The predicted molar refractivity (Wildman–Crippen MR) is 159 cm³/mol. The lowest BCUT2D eigenvalue weighted by molar-refractivity contribution is -0.295. The van der Waals surface area contributed by atoms with Gasteiger partial charge in [-0.1, -0.05) is 50.2 Å². The largest absolute Gasteiger partial charge is 0.435 e. The van der Waals surface area contributed by atoms with Crippen LogP contribution in [0.2, 0.25) is 0 Å². The van der Waals surface area contributed by atoms with Gasteiger partial charge in [0, 0.05) is 29.0 Å². The lowest BCUT2D eigenvalue weighted by Gasteiger charge is -2.54. The van der Waals surface area contributed by atoms with Crippen LogP contribution in [0.15, 0.2) is 53.1 Å². The first-order valence-electron chi connectivity index (χ1n) is 15.6. The molecule has 1 heterocycles. The Bertz CT molecular complexity index is 1550. The third-order valence-corrected chi connectivity index (χ3v) is 10.3.